The quantitative estimate of drug-likeness (QED) is 0.637. The lowest BCUT2D eigenvalue weighted by Crippen LogP contribution is -2.26. The number of carbonyl (C=O) groups is 1. The SMILES string of the molecule is O=C(OCn1nnc2ccccc2c1=O)c1cc(Cl)c2c(c1)OCCCO2. The summed E-state index contributed by atoms with van der Waals surface area (Å²) in [5.41, 5.74) is 0.260. The number of nitrogens with zero attached hydrogens (tertiary/aromatic N) is 3. The molecule has 27 heavy (non-hydrogen) atoms. The zero-order valence-electron chi connectivity index (χ0n) is 14.1. The van der Waals surface area contributed by atoms with Crippen molar-refractivity contribution in [3.63, 3.8) is 0 Å². The average Bonchev–Trinajstić information content (AvgIpc) is 2.93. The van der Waals surface area contributed by atoms with E-state index in [-0.39, 0.29) is 17.3 Å². The lowest BCUT2D eigenvalue weighted by atomic mass is 10.2. The van der Waals surface area contributed by atoms with Crippen molar-refractivity contribution in [3.8, 4) is 11.5 Å². The summed E-state index contributed by atoms with van der Waals surface area (Å²) in [6.07, 6.45) is 0.717. The first-order valence-corrected chi connectivity index (χ1v) is 8.60. The molecule has 0 fully saturated rings. The minimum atomic E-state index is -0.672. The minimum Gasteiger partial charge on any atom is -0.489 e. The Balaban J connectivity index is 1.55. The van der Waals surface area contributed by atoms with Crippen LogP contribution in [0.2, 0.25) is 5.02 Å². The Morgan fingerprint density at radius 3 is 2.93 bits per heavy atom. The molecule has 0 amide bonds. The monoisotopic (exact) mass is 387 g/mol. The molecule has 0 aliphatic carbocycles. The first kappa shape index (κ1) is 17.3. The Morgan fingerprint density at radius 1 is 1.22 bits per heavy atom. The van der Waals surface area contributed by atoms with Crippen LogP contribution in [0.3, 0.4) is 0 Å². The first-order chi connectivity index (χ1) is 13.1. The molecule has 9 heteroatoms. The van der Waals surface area contributed by atoms with Crippen molar-refractivity contribution in [2.24, 2.45) is 0 Å². The molecule has 1 aromatic heterocycles. The van der Waals surface area contributed by atoms with E-state index in [1.807, 2.05) is 0 Å². The number of aromatic nitrogens is 3. The van der Waals surface area contributed by atoms with Gasteiger partial charge in [-0.3, -0.25) is 4.79 Å². The van der Waals surface area contributed by atoms with Crippen molar-refractivity contribution in [2.45, 2.75) is 13.2 Å². The van der Waals surface area contributed by atoms with Crippen LogP contribution in [0.4, 0.5) is 0 Å². The largest absolute Gasteiger partial charge is 0.489 e. The van der Waals surface area contributed by atoms with Crippen molar-refractivity contribution in [1.29, 1.82) is 0 Å². The zero-order valence-corrected chi connectivity index (χ0v) is 14.8. The molecule has 0 atom stereocenters. The third-order valence-electron chi connectivity index (χ3n) is 3.99. The van der Waals surface area contributed by atoms with E-state index in [1.165, 1.54) is 12.1 Å². The summed E-state index contributed by atoms with van der Waals surface area (Å²) in [6, 6.07) is 9.74. The van der Waals surface area contributed by atoms with Crippen LogP contribution < -0.4 is 15.0 Å². The van der Waals surface area contributed by atoms with E-state index in [0.717, 1.165) is 4.68 Å². The number of hydrogen-bond acceptors (Lipinski definition) is 7. The molecule has 3 aromatic rings. The molecule has 1 aliphatic rings. The minimum absolute atomic E-state index is 0.186. The molecule has 0 radical (unpaired) electrons. The number of halogens is 1. The van der Waals surface area contributed by atoms with Crippen LogP contribution in [0.15, 0.2) is 41.2 Å². The van der Waals surface area contributed by atoms with E-state index in [0.29, 0.717) is 42.0 Å². The van der Waals surface area contributed by atoms with Crippen LogP contribution in [0.1, 0.15) is 16.8 Å². The standard InChI is InChI=1S/C18H14ClN3O5/c19-13-8-11(9-15-16(13)26-7-3-6-25-15)18(24)27-10-22-17(23)12-4-1-2-5-14(12)20-21-22/h1-2,4-5,8-9H,3,6-7,10H2. The van der Waals surface area contributed by atoms with E-state index >= 15 is 0 Å². The van der Waals surface area contributed by atoms with Gasteiger partial charge in [0.15, 0.2) is 18.2 Å². The number of fused-ring (bicyclic) bond motifs is 2. The number of hydrogen-bond donors (Lipinski definition) is 0. The van der Waals surface area contributed by atoms with Gasteiger partial charge in [0.25, 0.3) is 5.56 Å². The Hall–Kier alpha value is -3.13. The van der Waals surface area contributed by atoms with Gasteiger partial charge in [-0.05, 0) is 24.3 Å². The fraction of sp³-hybridized carbons (Fsp3) is 0.222. The first-order valence-electron chi connectivity index (χ1n) is 8.22. The molecule has 138 valence electrons. The third-order valence-corrected chi connectivity index (χ3v) is 4.27. The van der Waals surface area contributed by atoms with Gasteiger partial charge in [0, 0.05) is 6.42 Å². The Bertz CT molecular complexity index is 1080. The molecule has 0 unspecified atom stereocenters. The smallest absolute Gasteiger partial charge is 0.340 e. The molecule has 0 saturated carbocycles. The molecule has 0 bridgehead atoms. The molecule has 0 N–H and O–H groups in total. The molecule has 0 saturated heterocycles. The molecule has 4 rings (SSSR count). The lowest BCUT2D eigenvalue weighted by molar-refractivity contribution is 0.0335. The van der Waals surface area contributed by atoms with Gasteiger partial charge >= 0.3 is 5.97 Å². The number of rotatable bonds is 3. The van der Waals surface area contributed by atoms with Gasteiger partial charge in [0.1, 0.15) is 5.52 Å². The number of ether oxygens (including phenoxy) is 3. The van der Waals surface area contributed by atoms with E-state index in [9.17, 15) is 9.59 Å². The molecule has 1 aliphatic heterocycles. The fourth-order valence-corrected chi connectivity index (χ4v) is 2.92. The summed E-state index contributed by atoms with van der Waals surface area (Å²) in [7, 11) is 0. The van der Waals surface area contributed by atoms with E-state index in [2.05, 4.69) is 10.3 Å². The van der Waals surface area contributed by atoms with Crippen molar-refractivity contribution in [2.75, 3.05) is 13.2 Å². The zero-order chi connectivity index (χ0) is 18.8. The van der Waals surface area contributed by atoms with Crippen LogP contribution in [0.25, 0.3) is 10.9 Å². The van der Waals surface area contributed by atoms with Gasteiger partial charge in [-0.15, -0.1) is 5.10 Å². The predicted octanol–water partition coefficient (Wildman–Crippen LogP) is 2.42. The van der Waals surface area contributed by atoms with Crippen molar-refractivity contribution >= 4 is 28.5 Å². The molecular weight excluding hydrogens is 374 g/mol. The third kappa shape index (κ3) is 3.43. The highest BCUT2D eigenvalue weighted by molar-refractivity contribution is 6.32. The molecule has 2 heterocycles. The van der Waals surface area contributed by atoms with Crippen LogP contribution in [-0.4, -0.2) is 34.2 Å². The summed E-state index contributed by atoms with van der Waals surface area (Å²) >= 11 is 6.18. The molecular formula is C18H14ClN3O5. The van der Waals surface area contributed by atoms with Gasteiger partial charge < -0.3 is 14.2 Å². The van der Waals surface area contributed by atoms with Gasteiger partial charge in [0.2, 0.25) is 0 Å². The highest BCUT2D eigenvalue weighted by Crippen LogP contribution is 2.38. The van der Waals surface area contributed by atoms with E-state index in [4.69, 9.17) is 25.8 Å². The Morgan fingerprint density at radius 2 is 2.04 bits per heavy atom. The normalized spacial score (nSPS) is 13.2. The fourth-order valence-electron chi connectivity index (χ4n) is 2.66. The molecule has 8 nitrogen and oxygen atoms in total. The van der Waals surface area contributed by atoms with E-state index < -0.39 is 11.5 Å². The average molecular weight is 388 g/mol. The summed E-state index contributed by atoms with van der Waals surface area (Å²) in [5, 5.41) is 8.36. The lowest BCUT2D eigenvalue weighted by Gasteiger charge is -2.11. The second-order valence-corrected chi connectivity index (χ2v) is 6.22. The Kier molecular flexibility index (Phi) is 4.64. The van der Waals surface area contributed by atoms with Gasteiger partial charge in [-0.1, -0.05) is 28.9 Å². The summed E-state index contributed by atoms with van der Waals surface area (Å²) < 4.78 is 17.2. The highest BCUT2D eigenvalue weighted by Gasteiger charge is 2.19. The van der Waals surface area contributed by atoms with Crippen LogP contribution in [0.5, 0.6) is 11.5 Å². The Labute approximate surface area is 158 Å². The number of esters is 1. The van der Waals surface area contributed by atoms with Crippen molar-refractivity contribution in [1.82, 2.24) is 15.0 Å². The molecule has 0 spiro atoms. The van der Waals surface area contributed by atoms with Gasteiger partial charge in [-0.25, -0.2) is 4.79 Å². The predicted molar refractivity (Wildman–Crippen MR) is 96.3 cm³/mol. The van der Waals surface area contributed by atoms with Gasteiger partial charge in [-0.2, -0.15) is 4.68 Å². The second-order valence-electron chi connectivity index (χ2n) is 5.81. The van der Waals surface area contributed by atoms with Crippen molar-refractivity contribution < 1.29 is 19.0 Å². The van der Waals surface area contributed by atoms with E-state index in [1.54, 1.807) is 24.3 Å². The van der Waals surface area contributed by atoms with Crippen LogP contribution >= 0.6 is 11.6 Å². The summed E-state index contributed by atoms with van der Waals surface area (Å²) in [4.78, 5) is 24.7. The van der Waals surface area contributed by atoms with Crippen LogP contribution in [0, 0.1) is 0 Å². The maximum absolute atomic E-state index is 12.4. The van der Waals surface area contributed by atoms with Crippen LogP contribution in [-0.2, 0) is 11.5 Å². The summed E-state index contributed by atoms with van der Waals surface area (Å²) in [6.45, 7) is 0.575. The second kappa shape index (κ2) is 7.24. The topological polar surface area (TPSA) is 92.5 Å². The van der Waals surface area contributed by atoms with Gasteiger partial charge in [0.05, 0.1) is 29.2 Å². The maximum atomic E-state index is 12.4. The number of benzene rings is 2. The van der Waals surface area contributed by atoms with Crippen molar-refractivity contribution in [3.05, 3.63) is 57.3 Å². The number of carbonyl (C=O) groups excluding carboxylic acids is 1. The summed E-state index contributed by atoms with van der Waals surface area (Å²) in [5.74, 6) is 0.117. The maximum Gasteiger partial charge on any atom is 0.340 e. The highest BCUT2D eigenvalue weighted by atomic mass is 35.5. The molecule has 2 aromatic carbocycles.